The Labute approximate surface area is 175 Å². The molecule has 0 saturated heterocycles. The lowest BCUT2D eigenvalue weighted by Gasteiger charge is -2.22. The summed E-state index contributed by atoms with van der Waals surface area (Å²) in [7, 11) is 7.86. The summed E-state index contributed by atoms with van der Waals surface area (Å²) < 4.78 is 27.2. The molecule has 0 aliphatic carbocycles. The van der Waals surface area contributed by atoms with E-state index in [1.807, 2.05) is 30.3 Å². The van der Waals surface area contributed by atoms with Crippen molar-refractivity contribution in [3.63, 3.8) is 0 Å². The average Bonchev–Trinajstić information content (AvgIpc) is 3.23. The number of rotatable bonds is 7. The lowest BCUT2D eigenvalue weighted by molar-refractivity contribution is -0.130. The molecule has 1 heterocycles. The van der Waals surface area contributed by atoms with Crippen LogP contribution < -0.4 is 23.7 Å². The Bertz CT molecular complexity index is 947. The zero-order chi connectivity index (χ0) is 21.8. The first-order valence-electron chi connectivity index (χ1n) is 9.36. The first-order valence-corrected chi connectivity index (χ1v) is 9.36. The van der Waals surface area contributed by atoms with Crippen LogP contribution >= 0.6 is 0 Å². The minimum absolute atomic E-state index is 0.175. The van der Waals surface area contributed by atoms with Gasteiger partial charge in [-0.25, -0.2) is 5.01 Å². The Kier molecular flexibility index (Phi) is 6.34. The van der Waals surface area contributed by atoms with Crippen molar-refractivity contribution < 1.29 is 28.5 Å². The minimum Gasteiger partial charge on any atom is -0.497 e. The molecule has 0 spiro atoms. The van der Waals surface area contributed by atoms with Crippen molar-refractivity contribution in [1.82, 2.24) is 5.01 Å². The summed E-state index contributed by atoms with van der Waals surface area (Å²) in [6.45, 7) is 1.49. The molecule has 2 aromatic rings. The van der Waals surface area contributed by atoms with Crippen LogP contribution in [-0.4, -0.2) is 52.2 Å². The number of ether oxygens (including phenoxy) is 5. The van der Waals surface area contributed by atoms with E-state index in [9.17, 15) is 4.79 Å². The molecule has 0 saturated carbocycles. The van der Waals surface area contributed by atoms with Gasteiger partial charge in [-0.2, -0.15) is 5.10 Å². The molecule has 1 aliphatic heterocycles. The minimum atomic E-state index is -0.331. The van der Waals surface area contributed by atoms with Crippen LogP contribution in [0.3, 0.4) is 0 Å². The third kappa shape index (κ3) is 3.85. The fourth-order valence-corrected chi connectivity index (χ4v) is 3.56. The zero-order valence-electron chi connectivity index (χ0n) is 18.0. The van der Waals surface area contributed by atoms with E-state index >= 15 is 0 Å². The largest absolute Gasteiger partial charge is 0.497 e. The van der Waals surface area contributed by atoms with Crippen molar-refractivity contribution in [3.8, 4) is 28.7 Å². The maximum Gasteiger partial charge on any atom is 0.240 e. The monoisotopic (exact) mass is 414 g/mol. The third-order valence-electron chi connectivity index (χ3n) is 5.02. The van der Waals surface area contributed by atoms with Crippen molar-refractivity contribution >= 4 is 11.6 Å². The molecule has 1 amide bonds. The standard InChI is InChI=1S/C22H26N2O6/c1-13(25)24-18(14-9-20(28-4)22(30-6)21(10-14)29-5)12-17(23-24)16-11-15(26-2)7-8-19(16)27-3/h7-11,18H,12H2,1-6H3. The highest BCUT2D eigenvalue weighted by molar-refractivity contribution is 6.05. The van der Waals surface area contributed by atoms with Crippen LogP contribution in [0.25, 0.3) is 0 Å². The quantitative estimate of drug-likeness (QED) is 0.691. The second-order valence-corrected chi connectivity index (χ2v) is 6.66. The molecule has 0 aromatic heterocycles. The number of benzene rings is 2. The smallest absolute Gasteiger partial charge is 0.240 e. The summed E-state index contributed by atoms with van der Waals surface area (Å²) in [5.41, 5.74) is 2.32. The molecule has 160 valence electrons. The predicted molar refractivity (Wildman–Crippen MR) is 112 cm³/mol. The van der Waals surface area contributed by atoms with E-state index in [0.717, 1.165) is 16.8 Å². The van der Waals surface area contributed by atoms with Crippen molar-refractivity contribution in [3.05, 3.63) is 41.5 Å². The van der Waals surface area contributed by atoms with Crippen molar-refractivity contribution in [2.24, 2.45) is 5.10 Å². The summed E-state index contributed by atoms with van der Waals surface area (Å²) in [5.74, 6) is 2.69. The lowest BCUT2D eigenvalue weighted by Crippen LogP contribution is -2.24. The Hall–Kier alpha value is -3.42. The maximum absolute atomic E-state index is 12.4. The first-order chi connectivity index (χ1) is 14.5. The van der Waals surface area contributed by atoms with E-state index in [4.69, 9.17) is 23.7 Å². The van der Waals surface area contributed by atoms with Gasteiger partial charge >= 0.3 is 0 Å². The van der Waals surface area contributed by atoms with E-state index in [0.29, 0.717) is 35.2 Å². The summed E-state index contributed by atoms with van der Waals surface area (Å²) in [4.78, 5) is 12.4. The molecule has 3 rings (SSSR count). The number of carbonyl (C=O) groups is 1. The van der Waals surface area contributed by atoms with E-state index in [2.05, 4.69) is 5.10 Å². The molecule has 1 atom stereocenters. The van der Waals surface area contributed by atoms with Gasteiger partial charge in [0.05, 0.1) is 47.3 Å². The van der Waals surface area contributed by atoms with E-state index < -0.39 is 0 Å². The molecule has 0 bridgehead atoms. The van der Waals surface area contributed by atoms with Crippen LogP contribution in [0.2, 0.25) is 0 Å². The molecule has 8 nitrogen and oxygen atoms in total. The highest BCUT2D eigenvalue weighted by Gasteiger charge is 2.34. The van der Waals surface area contributed by atoms with Crippen LogP contribution in [0, 0.1) is 0 Å². The van der Waals surface area contributed by atoms with Crippen LogP contribution in [0.15, 0.2) is 35.4 Å². The number of carbonyl (C=O) groups excluding carboxylic acids is 1. The number of hydrazone groups is 1. The maximum atomic E-state index is 12.4. The van der Waals surface area contributed by atoms with Gasteiger partial charge < -0.3 is 23.7 Å². The van der Waals surface area contributed by atoms with Crippen LogP contribution in [0.1, 0.15) is 30.5 Å². The molecule has 0 radical (unpaired) electrons. The van der Waals surface area contributed by atoms with Gasteiger partial charge in [-0.1, -0.05) is 0 Å². The zero-order valence-corrected chi connectivity index (χ0v) is 18.0. The third-order valence-corrected chi connectivity index (χ3v) is 5.02. The molecular weight excluding hydrogens is 388 g/mol. The lowest BCUT2D eigenvalue weighted by atomic mass is 9.97. The van der Waals surface area contributed by atoms with E-state index in [1.165, 1.54) is 11.9 Å². The second-order valence-electron chi connectivity index (χ2n) is 6.66. The number of methoxy groups -OCH3 is 5. The van der Waals surface area contributed by atoms with Gasteiger partial charge in [-0.15, -0.1) is 0 Å². The fraction of sp³-hybridized carbons (Fsp3) is 0.364. The molecule has 2 aromatic carbocycles. The predicted octanol–water partition coefficient (Wildman–Crippen LogP) is 3.43. The molecule has 30 heavy (non-hydrogen) atoms. The first kappa shape index (κ1) is 21.3. The SMILES string of the molecule is COc1ccc(OC)c(C2=NN(C(C)=O)C(c3cc(OC)c(OC)c(OC)c3)C2)c1. The molecule has 0 N–H and O–H groups in total. The highest BCUT2D eigenvalue weighted by atomic mass is 16.5. The summed E-state index contributed by atoms with van der Waals surface area (Å²) in [6.07, 6.45) is 0.488. The second kappa shape index (κ2) is 8.94. The van der Waals surface area contributed by atoms with Gasteiger partial charge in [0.1, 0.15) is 11.5 Å². The number of hydrogen-bond donors (Lipinski definition) is 0. The Balaban J connectivity index is 2.07. The normalized spacial score (nSPS) is 15.5. The van der Waals surface area contributed by atoms with Crippen LogP contribution in [0.4, 0.5) is 0 Å². The van der Waals surface area contributed by atoms with Crippen LogP contribution in [0.5, 0.6) is 28.7 Å². The molecule has 8 heteroatoms. The van der Waals surface area contributed by atoms with Gasteiger partial charge in [-0.05, 0) is 35.9 Å². The molecule has 1 unspecified atom stereocenters. The molecule has 0 fully saturated rings. The number of hydrogen-bond acceptors (Lipinski definition) is 7. The van der Waals surface area contributed by atoms with Crippen molar-refractivity contribution in [2.75, 3.05) is 35.5 Å². The summed E-state index contributed by atoms with van der Waals surface area (Å²) in [5, 5.41) is 6.07. The topological polar surface area (TPSA) is 78.8 Å². The van der Waals surface area contributed by atoms with Crippen LogP contribution in [-0.2, 0) is 4.79 Å². The average molecular weight is 414 g/mol. The van der Waals surface area contributed by atoms with Crippen molar-refractivity contribution in [1.29, 1.82) is 0 Å². The van der Waals surface area contributed by atoms with E-state index in [-0.39, 0.29) is 11.9 Å². The molecular formula is C22H26N2O6. The highest BCUT2D eigenvalue weighted by Crippen LogP contribution is 2.43. The van der Waals surface area contributed by atoms with Gasteiger partial charge in [0, 0.05) is 18.9 Å². The van der Waals surface area contributed by atoms with Gasteiger partial charge in [0.25, 0.3) is 0 Å². The number of nitrogens with zero attached hydrogens (tertiary/aromatic N) is 2. The van der Waals surface area contributed by atoms with Crippen molar-refractivity contribution in [2.45, 2.75) is 19.4 Å². The Morgan fingerprint density at radius 1 is 0.900 bits per heavy atom. The van der Waals surface area contributed by atoms with Gasteiger partial charge in [-0.3, -0.25) is 4.79 Å². The summed E-state index contributed by atoms with van der Waals surface area (Å²) in [6, 6.07) is 8.83. The van der Waals surface area contributed by atoms with Gasteiger partial charge in [0.2, 0.25) is 11.7 Å². The number of amides is 1. The Morgan fingerprint density at radius 2 is 1.53 bits per heavy atom. The summed E-state index contributed by atoms with van der Waals surface area (Å²) >= 11 is 0. The van der Waals surface area contributed by atoms with E-state index in [1.54, 1.807) is 35.5 Å². The Morgan fingerprint density at radius 3 is 2.03 bits per heavy atom. The molecule has 1 aliphatic rings. The fourth-order valence-electron chi connectivity index (χ4n) is 3.56. The van der Waals surface area contributed by atoms with Gasteiger partial charge in [0.15, 0.2) is 11.5 Å².